The lowest BCUT2D eigenvalue weighted by molar-refractivity contribution is -0.118. The highest BCUT2D eigenvalue weighted by Crippen LogP contribution is 2.31. The number of hydrogen-bond acceptors (Lipinski definition) is 6. The standard InChI is InChI=1S/C19H17BrN4O4/c1-27-19(26)17-13-9-11(3-5-14(13)23-24-17)22-18(25)16-12-4-2-10(20)8-15(12)28-7-6-21-16/h2-5,8-9,16,21H,6-7H2,1H3,(H,22,25)(H,23,24). The molecule has 0 aliphatic carbocycles. The number of ether oxygens (including phenoxy) is 2. The van der Waals surface area contributed by atoms with Gasteiger partial charge in [-0.1, -0.05) is 22.0 Å². The zero-order valence-electron chi connectivity index (χ0n) is 14.9. The summed E-state index contributed by atoms with van der Waals surface area (Å²) in [7, 11) is 1.30. The van der Waals surface area contributed by atoms with Crippen molar-refractivity contribution in [2.45, 2.75) is 6.04 Å². The highest BCUT2D eigenvalue weighted by Gasteiger charge is 2.26. The first-order valence-electron chi connectivity index (χ1n) is 8.60. The number of H-pyrrole nitrogens is 1. The highest BCUT2D eigenvalue weighted by atomic mass is 79.9. The maximum absolute atomic E-state index is 13.0. The van der Waals surface area contributed by atoms with E-state index >= 15 is 0 Å². The molecule has 0 saturated heterocycles. The van der Waals surface area contributed by atoms with Crippen LogP contribution in [0.3, 0.4) is 0 Å². The van der Waals surface area contributed by atoms with Crippen LogP contribution >= 0.6 is 15.9 Å². The molecule has 3 N–H and O–H groups in total. The van der Waals surface area contributed by atoms with E-state index in [1.54, 1.807) is 18.2 Å². The van der Waals surface area contributed by atoms with Gasteiger partial charge in [0.15, 0.2) is 5.69 Å². The molecule has 1 aromatic heterocycles. The Bertz CT molecular complexity index is 1070. The lowest BCUT2D eigenvalue weighted by Gasteiger charge is -2.17. The summed E-state index contributed by atoms with van der Waals surface area (Å²) in [6, 6.07) is 10.2. The maximum Gasteiger partial charge on any atom is 0.359 e. The molecule has 0 spiro atoms. The number of aromatic nitrogens is 2. The van der Waals surface area contributed by atoms with E-state index in [1.165, 1.54) is 7.11 Å². The van der Waals surface area contributed by atoms with Crippen molar-refractivity contribution in [2.24, 2.45) is 0 Å². The summed E-state index contributed by atoms with van der Waals surface area (Å²) in [4.78, 5) is 24.8. The molecule has 1 aliphatic heterocycles. The van der Waals surface area contributed by atoms with Gasteiger partial charge < -0.3 is 14.8 Å². The van der Waals surface area contributed by atoms with Crippen molar-refractivity contribution >= 4 is 44.4 Å². The average Bonchev–Trinajstić information content (AvgIpc) is 2.99. The summed E-state index contributed by atoms with van der Waals surface area (Å²) >= 11 is 3.42. The van der Waals surface area contributed by atoms with E-state index in [-0.39, 0.29) is 11.6 Å². The second kappa shape index (κ2) is 7.61. The SMILES string of the molecule is COC(=O)c1n[nH]c2ccc(NC(=O)C3NCCOc4cc(Br)ccc43)cc12. The lowest BCUT2D eigenvalue weighted by Crippen LogP contribution is -2.33. The number of nitrogens with one attached hydrogen (secondary N) is 3. The number of methoxy groups -OCH3 is 1. The largest absolute Gasteiger partial charge is 0.492 e. The number of fused-ring (bicyclic) bond motifs is 2. The summed E-state index contributed by atoms with van der Waals surface area (Å²) in [6.07, 6.45) is 0. The topological polar surface area (TPSA) is 105 Å². The van der Waals surface area contributed by atoms with Crippen LogP contribution in [0.25, 0.3) is 10.9 Å². The minimum atomic E-state index is -0.564. The van der Waals surface area contributed by atoms with Crippen LogP contribution < -0.4 is 15.4 Å². The molecule has 4 rings (SSSR count). The van der Waals surface area contributed by atoms with E-state index in [2.05, 4.69) is 36.8 Å². The summed E-state index contributed by atoms with van der Waals surface area (Å²) in [5, 5.41) is 13.4. The molecule has 0 bridgehead atoms. The van der Waals surface area contributed by atoms with Crippen LogP contribution in [0.2, 0.25) is 0 Å². The van der Waals surface area contributed by atoms with E-state index < -0.39 is 12.0 Å². The van der Waals surface area contributed by atoms with Gasteiger partial charge in [-0.15, -0.1) is 0 Å². The number of benzene rings is 2. The van der Waals surface area contributed by atoms with Gasteiger partial charge >= 0.3 is 5.97 Å². The zero-order valence-corrected chi connectivity index (χ0v) is 16.5. The van der Waals surface area contributed by atoms with E-state index in [4.69, 9.17) is 9.47 Å². The van der Waals surface area contributed by atoms with Crippen molar-refractivity contribution in [3.05, 3.63) is 52.1 Å². The van der Waals surface area contributed by atoms with Crippen LogP contribution in [0.4, 0.5) is 5.69 Å². The molecule has 1 unspecified atom stereocenters. The summed E-state index contributed by atoms with van der Waals surface area (Å²) in [5.41, 5.74) is 2.16. The minimum Gasteiger partial charge on any atom is -0.492 e. The molecule has 1 aliphatic rings. The first-order valence-corrected chi connectivity index (χ1v) is 9.39. The van der Waals surface area contributed by atoms with Gasteiger partial charge in [0.25, 0.3) is 0 Å². The van der Waals surface area contributed by atoms with Crippen LogP contribution in [0, 0.1) is 0 Å². The second-order valence-corrected chi connectivity index (χ2v) is 7.15. The van der Waals surface area contributed by atoms with Crippen molar-refractivity contribution in [1.82, 2.24) is 15.5 Å². The van der Waals surface area contributed by atoms with Crippen molar-refractivity contribution in [3.63, 3.8) is 0 Å². The summed E-state index contributed by atoms with van der Waals surface area (Å²) in [5.74, 6) is -0.105. The minimum absolute atomic E-state index is 0.171. The number of anilines is 1. The Kier molecular flexibility index (Phi) is 5.01. The number of halogens is 1. The molecule has 8 nitrogen and oxygen atoms in total. The van der Waals surface area contributed by atoms with Crippen LogP contribution in [0.15, 0.2) is 40.9 Å². The smallest absolute Gasteiger partial charge is 0.359 e. The molecule has 28 heavy (non-hydrogen) atoms. The molecule has 2 aromatic carbocycles. The lowest BCUT2D eigenvalue weighted by atomic mass is 10.0. The van der Waals surface area contributed by atoms with Crippen LogP contribution in [-0.4, -0.2) is 42.3 Å². The molecule has 144 valence electrons. The van der Waals surface area contributed by atoms with E-state index in [0.717, 1.165) is 10.0 Å². The van der Waals surface area contributed by atoms with Crippen LogP contribution in [-0.2, 0) is 9.53 Å². The van der Waals surface area contributed by atoms with Crippen molar-refractivity contribution in [1.29, 1.82) is 0 Å². The number of esters is 1. The van der Waals surface area contributed by atoms with Gasteiger partial charge in [0.05, 0.1) is 12.6 Å². The number of hydrogen-bond donors (Lipinski definition) is 3. The van der Waals surface area contributed by atoms with E-state index in [0.29, 0.717) is 35.5 Å². The van der Waals surface area contributed by atoms with Crippen molar-refractivity contribution in [3.8, 4) is 5.75 Å². The Hall–Kier alpha value is -2.91. The number of amides is 1. The van der Waals surface area contributed by atoms with Crippen LogP contribution in [0.5, 0.6) is 5.75 Å². The van der Waals surface area contributed by atoms with Crippen LogP contribution in [0.1, 0.15) is 22.1 Å². The number of aromatic amines is 1. The Labute approximate surface area is 168 Å². The fourth-order valence-corrected chi connectivity index (χ4v) is 3.48. The Balaban J connectivity index is 1.62. The third-order valence-corrected chi connectivity index (χ3v) is 4.96. The van der Waals surface area contributed by atoms with E-state index in [9.17, 15) is 9.59 Å². The van der Waals surface area contributed by atoms with Crippen molar-refractivity contribution < 1.29 is 19.1 Å². The van der Waals surface area contributed by atoms with Gasteiger partial charge in [0.1, 0.15) is 18.4 Å². The third kappa shape index (κ3) is 3.46. The molecule has 2 heterocycles. The number of carbonyl (C=O) groups excluding carboxylic acids is 2. The molecule has 0 saturated carbocycles. The number of nitrogens with zero attached hydrogens (tertiary/aromatic N) is 1. The van der Waals surface area contributed by atoms with E-state index in [1.807, 2.05) is 18.2 Å². The summed E-state index contributed by atoms with van der Waals surface area (Å²) in [6.45, 7) is 1.01. The molecular formula is C19H17BrN4O4. The van der Waals surface area contributed by atoms with Gasteiger partial charge in [-0.05, 0) is 30.3 Å². The normalized spacial score (nSPS) is 16.0. The van der Waals surface area contributed by atoms with Gasteiger partial charge in [0.2, 0.25) is 5.91 Å². The second-order valence-electron chi connectivity index (χ2n) is 6.23. The molecule has 0 fully saturated rings. The average molecular weight is 445 g/mol. The fraction of sp³-hybridized carbons (Fsp3) is 0.211. The molecule has 0 radical (unpaired) electrons. The van der Waals surface area contributed by atoms with Gasteiger partial charge in [0, 0.05) is 27.7 Å². The molecule has 9 heteroatoms. The molecular weight excluding hydrogens is 428 g/mol. The highest BCUT2D eigenvalue weighted by molar-refractivity contribution is 9.10. The Morgan fingerprint density at radius 2 is 2.14 bits per heavy atom. The summed E-state index contributed by atoms with van der Waals surface area (Å²) < 4.78 is 11.4. The monoisotopic (exact) mass is 444 g/mol. The predicted octanol–water partition coefficient (Wildman–Crippen LogP) is 2.77. The maximum atomic E-state index is 13.0. The van der Waals surface area contributed by atoms with Crippen molar-refractivity contribution in [2.75, 3.05) is 25.6 Å². The number of rotatable bonds is 3. The first-order chi connectivity index (χ1) is 13.6. The first kappa shape index (κ1) is 18.5. The third-order valence-electron chi connectivity index (χ3n) is 4.47. The predicted molar refractivity (Wildman–Crippen MR) is 106 cm³/mol. The van der Waals surface area contributed by atoms with Gasteiger partial charge in [-0.3, -0.25) is 15.2 Å². The molecule has 1 amide bonds. The fourth-order valence-electron chi connectivity index (χ4n) is 3.14. The Morgan fingerprint density at radius 3 is 2.96 bits per heavy atom. The molecule has 1 atom stereocenters. The number of carbonyl (C=O) groups is 2. The van der Waals surface area contributed by atoms with Gasteiger partial charge in [-0.25, -0.2) is 4.79 Å². The Morgan fingerprint density at radius 1 is 1.29 bits per heavy atom. The molecule has 3 aromatic rings. The van der Waals surface area contributed by atoms with Gasteiger partial charge in [-0.2, -0.15) is 5.10 Å². The quantitative estimate of drug-likeness (QED) is 0.536. The zero-order chi connectivity index (χ0) is 19.7.